The Hall–Kier alpha value is -3.35. The van der Waals surface area contributed by atoms with Gasteiger partial charge in [-0.3, -0.25) is 9.69 Å². The lowest BCUT2D eigenvalue weighted by molar-refractivity contribution is -0.376. The number of benzene rings is 1. The third-order valence-electron chi connectivity index (χ3n) is 6.88. The molecular formula is C25H25F6N3O4. The molecule has 0 unspecified atom stereocenters. The highest BCUT2D eigenvalue weighted by Gasteiger charge is 2.71. The van der Waals surface area contributed by atoms with Gasteiger partial charge in [0.2, 0.25) is 5.88 Å². The summed E-state index contributed by atoms with van der Waals surface area (Å²) in [7, 11) is 0. The van der Waals surface area contributed by atoms with Crippen LogP contribution in [0, 0.1) is 0 Å². The Morgan fingerprint density at radius 1 is 1.05 bits per heavy atom. The number of aryl methyl sites for hydroxylation is 1. The number of carbonyl (C=O) groups is 2. The molecule has 2 N–H and O–H groups in total. The van der Waals surface area contributed by atoms with Crippen LogP contribution in [-0.4, -0.2) is 44.8 Å². The second-order valence-electron chi connectivity index (χ2n) is 9.49. The highest BCUT2D eigenvalue weighted by atomic mass is 19.4. The summed E-state index contributed by atoms with van der Waals surface area (Å²) >= 11 is 0. The first-order valence-electron chi connectivity index (χ1n) is 12.0. The number of carbonyl (C=O) groups excluding carboxylic acids is 2. The number of aliphatic hydroxyl groups is 1. The standard InChI is InChI=1S/C25H25F6N3O4/c1-2-5-16-13-17(23(37,24(26,27)28)25(29,30)31)6-7-18(16)38-19-12-15(8-11-32-19)14-34-20(35)22(33-21(34)36)9-3-4-10-22/h6-8,11-13,37H,2-5,9-10,14H2,1H3,(H,33,36). The van der Waals surface area contributed by atoms with Crippen molar-refractivity contribution < 1.29 is 45.8 Å². The molecule has 1 saturated heterocycles. The Labute approximate surface area is 213 Å². The molecule has 1 saturated carbocycles. The first-order chi connectivity index (χ1) is 17.7. The molecule has 4 rings (SSSR count). The lowest BCUT2D eigenvalue weighted by Gasteiger charge is -2.33. The lowest BCUT2D eigenvalue weighted by Crippen LogP contribution is -2.53. The second-order valence-corrected chi connectivity index (χ2v) is 9.49. The average Bonchev–Trinajstić information content (AvgIpc) is 3.39. The lowest BCUT2D eigenvalue weighted by atomic mass is 9.90. The van der Waals surface area contributed by atoms with Crippen molar-refractivity contribution in [1.29, 1.82) is 0 Å². The quantitative estimate of drug-likeness (QED) is 0.354. The van der Waals surface area contributed by atoms with Crippen LogP contribution >= 0.6 is 0 Å². The van der Waals surface area contributed by atoms with Crippen molar-refractivity contribution in [3.05, 3.63) is 53.2 Å². The zero-order chi connectivity index (χ0) is 27.9. The normalized spacial score (nSPS) is 17.8. The van der Waals surface area contributed by atoms with Gasteiger partial charge in [0.1, 0.15) is 11.3 Å². The van der Waals surface area contributed by atoms with Gasteiger partial charge in [0, 0.05) is 17.8 Å². The topological polar surface area (TPSA) is 91.8 Å². The fourth-order valence-corrected chi connectivity index (χ4v) is 4.89. The van der Waals surface area contributed by atoms with Crippen molar-refractivity contribution in [2.75, 3.05) is 0 Å². The summed E-state index contributed by atoms with van der Waals surface area (Å²) in [5.41, 5.74) is -6.84. The van der Waals surface area contributed by atoms with Crippen LogP contribution in [0.15, 0.2) is 36.5 Å². The maximum atomic E-state index is 13.3. The van der Waals surface area contributed by atoms with Gasteiger partial charge in [-0.25, -0.2) is 9.78 Å². The van der Waals surface area contributed by atoms with Crippen LogP contribution in [0.1, 0.15) is 55.7 Å². The van der Waals surface area contributed by atoms with Gasteiger partial charge in [0.05, 0.1) is 6.54 Å². The van der Waals surface area contributed by atoms with Crippen molar-refractivity contribution in [2.24, 2.45) is 0 Å². The molecule has 2 heterocycles. The fraction of sp³-hybridized carbons (Fsp3) is 0.480. The summed E-state index contributed by atoms with van der Waals surface area (Å²) in [5, 5.41) is 12.5. The van der Waals surface area contributed by atoms with E-state index < -0.39 is 35.1 Å². The summed E-state index contributed by atoms with van der Waals surface area (Å²) in [5.74, 6) is -0.411. The second kappa shape index (κ2) is 9.75. The molecular weight excluding hydrogens is 520 g/mol. The van der Waals surface area contributed by atoms with Crippen LogP contribution in [0.5, 0.6) is 11.6 Å². The molecule has 2 aliphatic rings. The Morgan fingerprint density at radius 2 is 1.71 bits per heavy atom. The SMILES string of the molecule is CCCc1cc(C(O)(C(F)(F)F)C(F)(F)F)ccc1Oc1cc(CN2C(=O)NC3(CCCC3)C2=O)ccn1. The first-order valence-corrected chi connectivity index (χ1v) is 12.0. The maximum Gasteiger partial charge on any atom is 0.430 e. The molecule has 38 heavy (non-hydrogen) atoms. The number of halogens is 6. The largest absolute Gasteiger partial charge is 0.439 e. The van der Waals surface area contributed by atoms with Crippen LogP contribution < -0.4 is 10.1 Å². The number of rotatable bonds is 7. The molecule has 1 aromatic heterocycles. The molecule has 0 bridgehead atoms. The molecule has 2 aromatic rings. The molecule has 1 aliphatic heterocycles. The molecule has 7 nitrogen and oxygen atoms in total. The highest BCUT2D eigenvalue weighted by Crippen LogP contribution is 2.50. The van der Waals surface area contributed by atoms with E-state index in [0.29, 0.717) is 37.0 Å². The van der Waals surface area contributed by atoms with Crippen molar-refractivity contribution in [1.82, 2.24) is 15.2 Å². The molecule has 3 amide bonds. The average molecular weight is 545 g/mol. The number of aromatic nitrogens is 1. The van der Waals surface area contributed by atoms with Gasteiger partial charge >= 0.3 is 18.4 Å². The number of hydrogen-bond acceptors (Lipinski definition) is 5. The van der Waals surface area contributed by atoms with Gasteiger partial charge < -0.3 is 15.2 Å². The van der Waals surface area contributed by atoms with E-state index in [0.717, 1.165) is 23.8 Å². The predicted octanol–water partition coefficient (Wildman–Crippen LogP) is 5.50. The zero-order valence-corrected chi connectivity index (χ0v) is 20.2. The number of amides is 3. The van der Waals surface area contributed by atoms with Crippen LogP contribution in [0.4, 0.5) is 31.1 Å². The smallest absolute Gasteiger partial charge is 0.430 e. The molecule has 0 radical (unpaired) electrons. The van der Waals surface area contributed by atoms with Crippen LogP contribution in [-0.2, 0) is 23.4 Å². The Balaban J connectivity index is 1.59. The first kappa shape index (κ1) is 27.7. The maximum absolute atomic E-state index is 13.3. The number of nitrogens with one attached hydrogen (secondary N) is 1. The van der Waals surface area contributed by atoms with Gasteiger partial charge in [0.15, 0.2) is 0 Å². The number of imide groups is 1. The number of alkyl halides is 6. The van der Waals surface area contributed by atoms with Crippen molar-refractivity contribution in [3.8, 4) is 11.6 Å². The van der Waals surface area contributed by atoms with Crippen molar-refractivity contribution in [2.45, 2.75) is 75.5 Å². The number of urea groups is 1. The van der Waals surface area contributed by atoms with E-state index in [1.54, 1.807) is 13.0 Å². The third kappa shape index (κ3) is 4.79. The van der Waals surface area contributed by atoms with Gasteiger partial charge in [-0.15, -0.1) is 0 Å². The zero-order valence-electron chi connectivity index (χ0n) is 20.2. The van der Waals surface area contributed by atoms with Crippen molar-refractivity contribution in [3.63, 3.8) is 0 Å². The third-order valence-corrected chi connectivity index (χ3v) is 6.88. The molecule has 13 heteroatoms. The fourth-order valence-electron chi connectivity index (χ4n) is 4.89. The molecule has 0 atom stereocenters. The Morgan fingerprint density at radius 3 is 2.32 bits per heavy atom. The van der Waals surface area contributed by atoms with E-state index in [9.17, 15) is 41.0 Å². The highest BCUT2D eigenvalue weighted by molar-refractivity contribution is 6.07. The number of hydrogen-bond donors (Lipinski definition) is 2. The minimum atomic E-state index is -6.01. The molecule has 1 spiro atoms. The van der Waals surface area contributed by atoms with E-state index >= 15 is 0 Å². The molecule has 2 fully saturated rings. The summed E-state index contributed by atoms with van der Waals surface area (Å²) in [4.78, 5) is 30.5. The van der Waals surface area contributed by atoms with E-state index in [1.807, 2.05) is 0 Å². The number of pyridine rings is 1. The summed E-state index contributed by atoms with van der Waals surface area (Å²) in [6, 6.07) is 4.50. The van der Waals surface area contributed by atoms with E-state index in [1.165, 1.54) is 12.3 Å². The summed E-state index contributed by atoms with van der Waals surface area (Å²) < 4.78 is 85.8. The molecule has 1 aliphatic carbocycles. The predicted molar refractivity (Wildman–Crippen MR) is 121 cm³/mol. The van der Waals surface area contributed by atoms with E-state index in [4.69, 9.17) is 4.74 Å². The number of ether oxygens (including phenoxy) is 1. The minimum absolute atomic E-state index is 0.00130. The van der Waals surface area contributed by atoms with E-state index in [2.05, 4.69) is 10.3 Å². The van der Waals surface area contributed by atoms with Gasteiger partial charge in [0.25, 0.3) is 11.5 Å². The van der Waals surface area contributed by atoms with Gasteiger partial charge in [-0.1, -0.05) is 32.3 Å². The Bertz CT molecular complexity index is 1210. The monoisotopic (exact) mass is 545 g/mol. The van der Waals surface area contributed by atoms with Crippen LogP contribution in [0.25, 0.3) is 0 Å². The van der Waals surface area contributed by atoms with Gasteiger partial charge in [-0.05, 0) is 48.6 Å². The van der Waals surface area contributed by atoms with Crippen LogP contribution in [0.2, 0.25) is 0 Å². The summed E-state index contributed by atoms with van der Waals surface area (Å²) in [6.45, 7) is 1.60. The van der Waals surface area contributed by atoms with Gasteiger partial charge in [-0.2, -0.15) is 26.3 Å². The minimum Gasteiger partial charge on any atom is -0.439 e. The Kier molecular flexibility index (Phi) is 7.10. The van der Waals surface area contributed by atoms with Crippen molar-refractivity contribution >= 4 is 11.9 Å². The molecule has 206 valence electrons. The summed E-state index contributed by atoms with van der Waals surface area (Å²) in [6.07, 6.45) is -7.48. The molecule has 1 aromatic carbocycles. The number of nitrogens with zero attached hydrogens (tertiary/aromatic N) is 2. The van der Waals surface area contributed by atoms with Crippen LogP contribution in [0.3, 0.4) is 0 Å². The van der Waals surface area contributed by atoms with E-state index in [-0.39, 0.29) is 36.1 Å².